The van der Waals surface area contributed by atoms with E-state index in [4.69, 9.17) is 20.8 Å². The van der Waals surface area contributed by atoms with E-state index in [0.717, 1.165) is 18.4 Å². The predicted octanol–water partition coefficient (Wildman–Crippen LogP) is 4.73. The van der Waals surface area contributed by atoms with Crippen LogP contribution in [0.1, 0.15) is 18.4 Å². The molecule has 4 rings (SSSR count). The highest BCUT2D eigenvalue weighted by molar-refractivity contribution is 7.91. The smallest absolute Gasteiger partial charge is 0.233 e. The molecule has 1 N–H and O–H groups in total. The molecule has 1 saturated heterocycles. The second kappa shape index (κ2) is 8.18. The molecular formula is C21H21ClN2O4S. The van der Waals surface area contributed by atoms with Gasteiger partial charge in [0.1, 0.15) is 0 Å². The Balaban J connectivity index is 1.73. The molecule has 0 aliphatic carbocycles. The number of nitrogens with zero attached hydrogens (tertiary/aromatic N) is 1. The van der Waals surface area contributed by atoms with Gasteiger partial charge in [0, 0.05) is 23.7 Å². The molecule has 6 nitrogen and oxygen atoms in total. The molecule has 1 aliphatic rings. The third kappa shape index (κ3) is 4.32. The number of hydrogen-bond donors (Lipinski definition) is 1. The summed E-state index contributed by atoms with van der Waals surface area (Å²) >= 11 is 5.95. The number of hydrogen-bond acceptors (Lipinski definition) is 6. The summed E-state index contributed by atoms with van der Waals surface area (Å²) in [6.07, 6.45) is 1.94. The van der Waals surface area contributed by atoms with Crippen molar-refractivity contribution in [1.82, 2.24) is 4.98 Å². The molecule has 2 aromatic carbocycles. The highest BCUT2D eigenvalue weighted by atomic mass is 35.5. The maximum absolute atomic E-state index is 13.2. The van der Waals surface area contributed by atoms with E-state index in [9.17, 15) is 8.42 Å². The molecule has 1 fully saturated rings. The molecule has 152 valence electrons. The van der Waals surface area contributed by atoms with E-state index in [-0.39, 0.29) is 27.8 Å². The van der Waals surface area contributed by atoms with E-state index < -0.39 is 9.84 Å². The van der Waals surface area contributed by atoms with E-state index in [1.54, 1.807) is 48.5 Å². The first-order valence-corrected chi connectivity index (χ1v) is 11.2. The van der Waals surface area contributed by atoms with Gasteiger partial charge in [0.2, 0.25) is 26.6 Å². The van der Waals surface area contributed by atoms with E-state index in [1.807, 2.05) is 6.92 Å². The zero-order valence-electron chi connectivity index (χ0n) is 15.9. The van der Waals surface area contributed by atoms with Gasteiger partial charge in [-0.3, -0.25) is 0 Å². The standard InChI is InChI=1S/C21H21ClN2O4S/c1-14-4-10-18(11-5-14)29(25,26)21-20(23-13-17-3-2-12-27-17)28-19(24-21)15-6-8-16(22)9-7-15/h4-11,17,23H,2-3,12-13H2,1H3. The van der Waals surface area contributed by atoms with Crippen molar-refractivity contribution >= 4 is 27.3 Å². The van der Waals surface area contributed by atoms with Crippen LogP contribution in [0, 0.1) is 6.92 Å². The third-order valence-electron chi connectivity index (χ3n) is 4.79. The fourth-order valence-corrected chi connectivity index (χ4v) is 4.56. The number of sulfone groups is 1. The number of halogens is 1. The number of benzene rings is 2. The zero-order chi connectivity index (χ0) is 20.4. The van der Waals surface area contributed by atoms with Crippen LogP contribution in [-0.2, 0) is 14.6 Å². The Morgan fingerprint density at radius 1 is 1.14 bits per heavy atom. The van der Waals surface area contributed by atoms with Crippen molar-refractivity contribution in [1.29, 1.82) is 0 Å². The average Bonchev–Trinajstić information content (AvgIpc) is 3.37. The number of ether oxygens (including phenoxy) is 1. The summed E-state index contributed by atoms with van der Waals surface area (Å²) in [4.78, 5) is 4.49. The summed E-state index contributed by atoms with van der Waals surface area (Å²) < 4.78 is 37.9. The van der Waals surface area contributed by atoms with Crippen molar-refractivity contribution in [3.05, 3.63) is 59.1 Å². The van der Waals surface area contributed by atoms with Gasteiger partial charge in [0.15, 0.2) is 0 Å². The van der Waals surface area contributed by atoms with Gasteiger partial charge >= 0.3 is 0 Å². The van der Waals surface area contributed by atoms with E-state index >= 15 is 0 Å². The van der Waals surface area contributed by atoms with Gasteiger partial charge in [-0.25, -0.2) is 8.42 Å². The highest BCUT2D eigenvalue weighted by Gasteiger charge is 2.29. The lowest BCUT2D eigenvalue weighted by atomic mass is 10.2. The van der Waals surface area contributed by atoms with E-state index in [1.165, 1.54) is 0 Å². The van der Waals surface area contributed by atoms with Gasteiger partial charge in [-0.2, -0.15) is 4.98 Å². The summed E-state index contributed by atoms with van der Waals surface area (Å²) in [6, 6.07) is 13.5. The highest BCUT2D eigenvalue weighted by Crippen LogP contribution is 2.33. The van der Waals surface area contributed by atoms with Gasteiger partial charge in [-0.05, 0) is 56.2 Å². The number of nitrogens with one attached hydrogen (secondary N) is 1. The molecule has 2 heterocycles. The molecule has 1 aliphatic heterocycles. The van der Waals surface area contributed by atoms with E-state index in [2.05, 4.69) is 10.3 Å². The SMILES string of the molecule is Cc1ccc(S(=O)(=O)c2nc(-c3ccc(Cl)cc3)oc2NCC2CCCO2)cc1. The minimum absolute atomic E-state index is 0.0222. The Labute approximate surface area is 174 Å². The minimum atomic E-state index is -3.86. The summed E-state index contributed by atoms with van der Waals surface area (Å²) in [6.45, 7) is 3.07. The Kier molecular flexibility index (Phi) is 5.63. The van der Waals surface area contributed by atoms with Crippen LogP contribution in [0.2, 0.25) is 5.02 Å². The van der Waals surface area contributed by atoms with E-state index in [0.29, 0.717) is 23.7 Å². The summed E-state index contributed by atoms with van der Waals surface area (Å²) in [7, 11) is -3.86. The first-order chi connectivity index (χ1) is 13.9. The lowest BCUT2D eigenvalue weighted by Gasteiger charge is -2.10. The van der Waals surface area contributed by atoms with Gasteiger partial charge in [-0.1, -0.05) is 29.3 Å². The van der Waals surface area contributed by atoms with Crippen LogP contribution in [0.25, 0.3) is 11.5 Å². The van der Waals surface area contributed by atoms with Crippen molar-refractivity contribution in [3.8, 4) is 11.5 Å². The fraction of sp³-hybridized carbons (Fsp3) is 0.286. The maximum atomic E-state index is 13.2. The van der Waals surface area contributed by atoms with Crippen LogP contribution in [0.15, 0.2) is 62.9 Å². The van der Waals surface area contributed by atoms with Crippen LogP contribution in [0.4, 0.5) is 5.88 Å². The summed E-state index contributed by atoms with van der Waals surface area (Å²) in [5.41, 5.74) is 1.61. The first kappa shape index (κ1) is 19.9. The van der Waals surface area contributed by atoms with Gasteiger partial charge in [-0.15, -0.1) is 0 Å². The topological polar surface area (TPSA) is 81.4 Å². The quantitative estimate of drug-likeness (QED) is 0.606. The molecule has 0 amide bonds. The molecule has 0 bridgehead atoms. The van der Waals surface area contributed by atoms with Crippen LogP contribution >= 0.6 is 11.6 Å². The van der Waals surface area contributed by atoms with Gasteiger partial charge in [0.05, 0.1) is 11.0 Å². The molecule has 1 atom stereocenters. The van der Waals surface area contributed by atoms with Gasteiger partial charge in [0.25, 0.3) is 0 Å². The molecule has 29 heavy (non-hydrogen) atoms. The summed E-state index contributed by atoms with van der Waals surface area (Å²) in [5, 5.41) is 3.52. The van der Waals surface area contributed by atoms with Crippen molar-refractivity contribution in [2.24, 2.45) is 0 Å². The van der Waals surface area contributed by atoms with Crippen molar-refractivity contribution in [3.63, 3.8) is 0 Å². The number of aryl methyl sites for hydroxylation is 1. The second-order valence-corrected chi connectivity index (χ2v) is 9.29. The Morgan fingerprint density at radius 3 is 2.52 bits per heavy atom. The van der Waals surface area contributed by atoms with Crippen LogP contribution in [0.3, 0.4) is 0 Å². The zero-order valence-corrected chi connectivity index (χ0v) is 17.5. The molecular weight excluding hydrogens is 412 g/mol. The second-order valence-electron chi connectivity index (χ2n) is 6.99. The normalized spacial score (nSPS) is 16.8. The van der Waals surface area contributed by atoms with Crippen LogP contribution < -0.4 is 5.32 Å². The lowest BCUT2D eigenvalue weighted by molar-refractivity contribution is 0.120. The largest absolute Gasteiger partial charge is 0.419 e. The van der Waals surface area contributed by atoms with Crippen LogP contribution in [-0.4, -0.2) is 32.7 Å². The Hall–Kier alpha value is -2.35. The van der Waals surface area contributed by atoms with Crippen molar-refractivity contribution in [2.75, 3.05) is 18.5 Å². The predicted molar refractivity (Wildman–Crippen MR) is 111 cm³/mol. The molecule has 1 unspecified atom stereocenters. The van der Waals surface area contributed by atoms with Crippen LogP contribution in [0.5, 0.6) is 0 Å². The van der Waals surface area contributed by atoms with Crippen molar-refractivity contribution in [2.45, 2.75) is 35.8 Å². The maximum Gasteiger partial charge on any atom is 0.233 e. The molecule has 0 spiro atoms. The summed E-state index contributed by atoms with van der Waals surface area (Å²) in [5.74, 6) is 0.327. The monoisotopic (exact) mass is 432 g/mol. The molecule has 0 saturated carbocycles. The van der Waals surface area contributed by atoms with Gasteiger partial charge < -0.3 is 14.5 Å². The fourth-order valence-electron chi connectivity index (χ4n) is 3.16. The minimum Gasteiger partial charge on any atom is -0.419 e. The number of oxazole rings is 1. The Bertz CT molecular complexity index is 1090. The molecule has 0 radical (unpaired) electrons. The first-order valence-electron chi connectivity index (χ1n) is 9.37. The number of anilines is 1. The Morgan fingerprint density at radius 2 is 1.86 bits per heavy atom. The average molecular weight is 433 g/mol. The molecule has 1 aromatic heterocycles. The van der Waals surface area contributed by atoms with Crippen molar-refractivity contribution < 1.29 is 17.6 Å². The number of aromatic nitrogens is 1. The lowest BCUT2D eigenvalue weighted by Crippen LogP contribution is -2.19. The number of rotatable bonds is 6. The third-order valence-corrected chi connectivity index (χ3v) is 6.72. The molecule has 8 heteroatoms. The molecule has 3 aromatic rings.